The van der Waals surface area contributed by atoms with Gasteiger partial charge in [-0.05, 0) is 162 Å². The van der Waals surface area contributed by atoms with E-state index in [-0.39, 0.29) is 47.7 Å². The molecule has 4 fully saturated rings. The lowest BCUT2D eigenvalue weighted by atomic mass is 9.65. The minimum atomic E-state index is -4.51. The number of benzene rings is 3. The number of anilines is 3. The third-order valence-electron chi connectivity index (χ3n) is 14.1. The number of amides is 5. The number of alkyl halides is 3. The lowest BCUT2D eigenvalue weighted by Crippen LogP contribution is -2.49. The number of aryl methyl sites for hydroxylation is 1. The Morgan fingerprint density at radius 2 is 1.68 bits per heavy atom. The van der Waals surface area contributed by atoms with Crippen molar-refractivity contribution < 1.29 is 32.3 Å². The number of likely N-dealkylation sites (tertiary alicyclic amines) is 2. The van der Waals surface area contributed by atoms with Crippen LogP contribution in [0, 0.1) is 18.3 Å². The van der Waals surface area contributed by atoms with E-state index in [9.17, 15) is 32.3 Å². The highest BCUT2D eigenvalue weighted by atomic mass is 35.5. The first kappa shape index (κ1) is 46.1. The maximum atomic E-state index is 13.6. The molecule has 17 heteroatoms. The van der Waals surface area contributed by atoms with E-state index in [0.717, 1.165) is 99.5 Å². The van der Waals surface area contributed by atoms with Crippen LogP contribution in [-0.4, -0.2) is 89.3 Å². The zero-order chi connectivity index (χ0) is 46.0. The molecule has 1 aromatic heterocycles. The van der Waals surface area contributed by atoms with Crippen LogP contribution >= 0.6 is 11.6 Å². The molecule has 3 aromatic carbocycles. The maximum Gasteiger partial charge on any atom is 0.416 e. The summed E-state index contributed by atoms with van der Waals surface area (Å²) in [7, 11) is 0. The fraction of sp³-hybridized carbons (Fsp3) is 0.500. The highest BCUT2D eigenvalue weighted by Gasteiger charge is 2.39. The first-order valence-corrected chi connectivity index (χ1v) is 23.1. The number of piperidine rings is 2. The number of carbonyl (C=O) groups excluding carboxylic acids is 4. The summed E-state index contributed by atoms with van der Waals surface area (Å²) in [5.41, 5.74) is 8.51. The third-order valence-corrected chi connectivity index (χ3v) is 14.4. The smallest absolute Gasteiger partial charge is 0.399 e. The van der Waals surface area contributed by atoms with Crippen LogP contribution in [0.1, 0.15) is 116 Å². The number of nitrogens with two attached hydrogens (primary N) is 1. The van der Waals surface area contributed by atoms with E-state index in [0.29, 0.717) is 65.6 Å². The molecule has 0 radical (unpaired) electrons. The highest BCUT2D eigenvalue weighted by Crippen LogP contribution is 2.47. The van der Waals surface area contributed by atoms with E-state index < -0.39 is 23.8 Å². The number of rotatable bonds is 11. The lowest BCUT2D eigenvalue weighted by molar-refractivity contribution is -0.137. The number of nitrogens with one attached hydrogen (secondary N) is 3. The Kier molecular flexibility index (Phi) is 13.6. The van der Waals surface area contributed by atoms with Gasteiger partial charge in [0.05, 0.1) is 34.4 Å². The van der Waals surface area contributed by atoms with Gasteiger partial charge in [-0.3, -0.25) is 29.5 Å². The van der Waals surface area contributed by atoms with Gasteiger partial charge in [0.15, 0.2) is 0 Å². The number of nitrogens with zero attached hydrogens (tertiary/aromatic N) is 5. The zero-order valence-electron chi connectivity index (χ0n) is 36.9. The van der Waals surface area contributed by atoms with Gasteiger partial charge in [-0.15, -0.1) is 0 Å². The fourth-order valence-electron chi connectivity index (χ4n) is 10.2. The average Bonchev–Trinajstić information content (AvgIpc) is 3.27. The molecule has 346 valence electrons. The molecule has 1 spiro atoms. The largest absolute Gasteiger partial charge is 0.416 e. The topological polar surface area (TPSA) is 166 Å². The van der Waals surface area contributed by atoms with Crippen molar-refractivity contribution in [3.05, 3.63) is 87.7 Å². The summed E-state index contributed by atoms with van der Waals surface area (Å²) in [5, 5.41) is 9.94. The first-order valence-electron chi connectivity index (χ1n) is 22.7. The number of hydrogen-bond acceptors (Lipinski definition) is 9. The molecule has 1 saturated carbocycles. The van der Waals surface area contributed by atoms with Gasteiger partial charge in [-0.1, -0.05) is 17.7 Å². The normalized spacial score (nSPS) is 19.4. The summed E-state index contributed by atoms with van der Waals surface area (Å²) in [6.45, 7) is 7.71. The Morgan fingerprint density at radius 3 is 2.38 bits per heavy atom. The molecule has 13 nitrogen and oxygen atoms in total. The Hall–Kier alpha value is -5.48. The molecule has 65 heavy (non-hydrogen) atoms. The van der Waals surface area contributed by atoms with Crippen LogP contribution in [0.2, 0.25) is 5.02 Å². The van der Waals surface area contributed by atoms with E-state index >= 15 is 0 Å². The van der Waals surface area contributed by atoms with Gasteiger partial charge in [0.25, 0.3) is 5.91 Å². The van der Waals surface area contributed by atoms with Crippen molar-refractivity contribution in [3.8, 4) is 0 Å². The van der Waals surface area contributed by atoms with Crippen LogP contribution < -0.4 is 26.6 Å². The Balaban J connectivity index is 0.760. The second-order valence-electron chi connectivity index (χ2n) is 18.5. The quantitative estimate of drug-likeness (QED) is 0.108. The molecule has 4 aromatic rings. The molecule has 3 aliphatic heterocycles. The number of fused-ring (bicyclic) bond motifs is 1. The monoisotopic (exact) mass is 915 g/mol. The average molecular weight is 916 g/mol. The number of carbonyl (C=O) groups is 4. The van der Waals surface area contributed by atoms with Crippen LogP contribution in [0.25, 0.3) is 10.9 Å². The number of hydrogen-bond donors (Lipinski definition) is 4. The first-order chi connectivity index (χ1) is 31.0. The molecule has 4 aliphatic rings. The molecule has 3 saturated heterocycles. The van der Waals surface area contributed by atoms with Crippen LogP contribution in [0.15, 0.2) is 54.6 Å². The molecular formula is C48H57ClF3N9O4. The van der Waals surface area contributed by atoms with Gasteiger partial charge in [0, 0.05) is 49.2 Å². The predicted octanol–water partition coefficient (Wildman–Crippen LogP) is 8.61. The van der Waals surface area contributed by atoms with E-state index in [1.165, 1.54) is 4.90 Å². The van der Waals surface area contributed by atoms with Gasteiger partial charge in [-0.2, -0.15) is 13.2 Å². The number of halogens is 4. The second kappa shape index (κ2) is 19.2. The number of imide groups is 1. The molecular weight excluding hydrogens is 859 g/mol. The molecule has 1 aliphatic carbocycles. The minimum absolute atomic E-state index is 0.0421. The number of urea groups is 1. The van der Waals surface area contributed by atoms with Crippen molar-refractivity contribution in [2.24, 2.45) is 11.3 Å². The van der Waals surface area contributed by atoms with E-state index in [4.69, 9.17) is 17.3 Å². The SMILES string of the molecule is Cc1nc(NC(C)c2cc(N)cc(C(F)(F)F)c2)c2cc(C3CCN(CC(=O)NCCC4CCC5(CC4)CCN(C(=O)c4ccc(Cl)c(N6CCC(=O)NC6=O)c4)CC5)CC3)ccc2n1. The summed E-state index contributed by atoms with van der Waals surface area (Å²) in [6, 6.07) is 13.7. The Morgan fingerprint density at radius 1 is 0.938 bits per heavy atom. The van der Waals surface area contributed by atoms with E-state index in [1.54, 1.807) is 38.1 Å². The van der Waals surface area contributed by atoms with Crippen molar-refractivity contribution in [3.63, 3.8) is 0 Å². The van der Waals surface area contributed by atoms with Crippen molar-refractivity contribution in [1.29, 1.82) is 0 Å². The summed E-state index contributed by atoms with van der Waals surface area (Å²) in [6.07, 6.45) is 4.73. The lowest BCUT2D eigenvalue weighted by Gasteiger charge is -2.46. The second-order valence-corrected chi connectivity index (χ2v) is 18.9. The van der Waals surface area contributed by atoms with E-state index in [1.807, 2.05) is 11.0 Å². The fourth-order valence-corrected chi connectivity index (χ4v) is 10.4. The van der Waals surface area contributed by atoms with Gasteiger partial charge >= 0.3 is 12.2 Å². The molecule has 8 rings (SSSR count). The Labute approximate surface area is 382 Å². The standard InChI is InChI=1S/C48H57ClF3N9O4/c1-29(35-23-36(48(50,51)52)27-37(53)24-35)55-44-38-25-33(4-6-40(38)56-30(2)57-44)32-10-18-59(19-11-32)28-43(63)54-17-9-31-7-13-47(14-8-31)15-21-60(22-16-47)45(64)34-3-5-39(49)41(26-34)61-20-12-42(62)58-46(61)65/h3-6,23-27,29,31-32H,7-22,28,53H2,1-2H3,(H,54,63)(H,55,56,57)(H,58,62,65). The van der Waals surface area contributed by atoms with Crippen LogP contribution in [0.4, 0.5) is 35.2 Å². The molecule has 1 unspecified atom stereocenters. The summed E-state index contributed by atoms with van der Waals surface area (Å²) >= 11 is 6.41. The van der Waals surface area contributed by atoms with Crippen LogP contribution in [-0.2, 0) is 15.8 Å². The Bertz CT molecular complexity index is 2440. The summed E-state index contributed by atoms with van der Waals surface area (Å²) in [4.78, 5) is 65.5. The van der Waals surface area contributed by atoms with E-state index in [2.05, 4.69) is 43.0 Å². The molecule has 5 amide bonds. The van der Waals surface area contributed by atoms with Crippen molar-refractivity contribution >= 4 is 63.4 Å². The van der Waals surface area contributed by atoms with Gasteiger partial charge in [0.2, 0.25) is 11.8 Å². The van der Waals surface area contributed by atoms with Crippen LogP contribution in [0.3, 0.4) is 0 Å². The molecule has 5 N–H and O–H groups in total. The molecule has 4 heterocycles. The van der Waals surface area contributed by atoms with Crippen molar-refractivity contribution in [1.82, 2.24) is 30.4 Å². The van der Waals surface area contributed by atoms with Gasteiger partial charge < -0.3 is 21.3 Å². The highest BCUT2D eigenvalue weighted by molar-refractivity contribution is 6.34. The van der Waals surface area contributed by atoms with Crippen molar-refractivity contribution in [2.75, 3.05) is 61.8 Å². The number of nitrogen functional groups attached to an aromatic ring is 1. The third kappa shape index (κ3) is 10.8. The minimum Gasteiger partial charge on any atom is -0.399 e. The van der Waals surface area contributed by atoms with Gasteiger partial charge in [-0.25, -0.2) is 14.8 Å². The van der Waals surface area contributed by atoms with Gasteiger partial charge in [0.1, 0.15) is 11.6 Å². The zero-order valence-corrected chi connectivity index (χ0v) is 37.7. The summed E-state index contributed by atoms with van der Waals surface area (Å²) in [5.74, 6) is 1.55. The predicted molar refractivity (Wildman–Crippen MR) is 245 cm³/mol. The van der Waals surface area contributed by atoms with Crippen LogP contribution in [0.5, 0.6) is 0 Å². The molecule has 1 atom stereocenters. The van der Waals surface area contributed by atoms with Crippen molar-refractivity contribution in [2.45, 2.75) is 96.2 Å². The molecule has 0 bridgehead atoms. The number of aromatic nitrogens is 2. The maximum absolute atomic E-state index is 13.6. The summed E-state index contributed by atoms with van der Waals surface area (Å²) < 4.78 is 40.6.